The molecule has 21 heavy (non-hydrogen) atoms. The van der Waals surface area contributed by atoms with Gasteiger partial charge in [0.25, 0.3) is 0 Å². The van der Waals surface area contributed by atoms with Crippen LogP contribution in [0.4, 0.5) is 5.69 Å². The fraction of sp³-hybridized carbons (Fsp3) is 0.500. The van der Waals surface area contributed by atoms with Gasteiger partial charge in [-0.25, -0.2) is 8.42 Å². The highest BCUT2D eigenvalue weighted by atomic mass is 32.2. The molecule has 7 heteroatoms. The van der Waals surface area contributed by atoms with E-state index in [4.69, 9.17) is 5.73 Å². The molecule has 1 heterocycles. The quantitative estimate of drug-likeness (QED) is 0.829. The second-order valence-electron chi connectivity index (χ2n) is 5.25. The Morgan fingerprint density at radius 1 is 1.29 bits per heavy atom. The first-order valence-electron chi connectivity index (χ1n) is 6.95. The minimum Gasteiger partial charge on any atom is -0.326 e. The van der Waals surface area contributed by atoms with E-state index in [9.17, 15) is 13.2 Å². The molecule has 0 saturated carbocycles. The Kier molecular flexibility index (Phi) is 4.97. The van der Waals surface area contributed by atoms with Gasteiger partial charge in [0.2, 0.25) is 5.91 Å². The van der Waals surface area contributed by atoms with Crippen molar-refractivity contribution in [3.05, 3.63) is 29.8 Å². The van der Waals surface area contributed by atoms with Gasteiger partial charge in [0.1, 0.15) is 0 Å². The summed E-state index contributed by atoms with van der Waals surface area (Å²) in [4.78, 5) is 14.1. The topological polar surface area (TPSA) is 92.5 Å². The molecule has 6 nitrogen and oxygen atoms in total. The maximum absolute atomic E-state index is 12.2. The third-order valence-electron chi connectivity index (χ3n) is 3.76. The lowest BCUT2D eigenvalue weighted by molar-refractivity contribution is -0.120. The van der Waals surface area contributed by atoms with Crippen LogP contribution < -0.4 is 11.1 Å². The van der Waals surface area contributed by atoms with Gasteiger partial charge in [0, 0.05) is 25.3 Å². The van der Waals surface area contributed by atoms with Crippen molar-refractivity contribution in [3.63, 3.8) is 0 Å². The van der Waals surface area contributed by atoms with Crippen LogP contribution in [0.3, 0.4) is 0 Å². The summed E-state index contributed by atoms with van der Waals surface area (Å²) in [5.74, 6) is 0.112. The number of nitrogens with two attached hydrogens (primary N) is 1. The predicted molar refractivity (Wildman–Crippen MR) is 82.7 cm³/mol. The first-order chi connectivity index (χ1) is 9.91. The Labute approximate surface area is 125 Å². The molecule has 1 saturated heterocycles. The molecule has 1 unspecified atom stereocenters. The van der Waals surface area contributed by atoms with Crippen LogP contribution in [0.25, 0.3) is 0 Å². The highest BCUT2D eigenvalue weighted by molar-refractivity contribution is 7.91. The third kappa shape index (κ3) is 4.26. The van der Waals surface area contributed by atoms with E-state index in [0.717, 1.165) is 5.56 Å². The van der Waals surface area contributed by atoms with E-state index in [1.54, 1.807) is 6.92 Å². The lowest BCUT2D eigenvalue weighted by atomic mass is 10.2. The molecule has 1 fully saturated rings. The van der Waals surface area contributed by atoms with Crippen molar-refractivity contribution in [1.82, 2.24) is 4.90 Å². The van der Waals surface area contributed by atoms with Gasteiger partial charge in [0.15, 0.2) is 9.84 Å². The Morgan fingerprint density at radius 3 is 2.38 bits per heavy atom. The summed E-state index contributed by atoms with van der Waals surface area (Å²) in [6.45, 7) is 3.07. The molecule has 0 spiro atoms. The summed E-state index contributed by atoms with van der Waals surface area (Å²) in [5.41, 5.74) is 7.24. The molecule has 0 radical (unpaired) electrons. The SMILES string of the molecule is CC(C(=O)Nc1ccc(CN)cc1)N1CCS(=O)(=O)CC1. The number of anilines is 1. The number of hydrogen-bond donors (Lipinski definition) is 2. The van der Waals surface area contributed by atoms with Crippen LogP contribution in [-0.4, -0.2) is 49.9 Å². The van der Waals surface area contributed by atoms with Crippen molar-refractivity contribution in [3.8, 4) is 0 Å². The number of sulfone groups is 1. The smallest absolute Gasteiger partial charge is 0.241 e. The molecule has 1 amide bonds. The van der Waals surface area contributed by atoms with Crippen LogP contribution in [0.1, 0.15) is 12.5 Å². The number of nitrogens with zero attached hydrogens (tertiary/aromatic N) is 1. The highest BCUT2D eigenvalue weighted by Gasteiger charge is 2.28. The molecule has 1 atom stereocenters. The average Bonchev–Trinajstić information content (AvgIpc) is 2.47. The van der Waals surface area contributed by atoms with Crippen LogP contribution in [0.15, 0.2) is 24.3 Å². The summed E-state index contributed by atoms with van der Waals surface area (Å²) in [5, 5.41) is 2.84. The summed E-state index contributed by atoms with van der Waals surface area (Å²) in [6, 6.07) is 7.01. The van der Waals surface area contributed by atoms with Gasteiger partial charge in [-0.15, -0.1) is 0 Å². The van der Waals surface area contributed by atoms with Gasteiger partial charge in [-0.2, -0.15) is 0 Å². The van der Waals surface area contributed by atoms with E-state index in [-0.39, 0.29) is 23.5 Å². The van der Waals surface area contributed by atoms with Crippen molar-refractivity contribution in [2.45, 2.75) is 19.5 Å². The Hall–Kier alpha value is -1.44. The zero-order valence-corrected chi connectivity index (χ0v) is 12.9. The summed E-state index contributed by atoms with van der Waals surface area (Å²) < 4.78 is 22.8. The lowest BCUT2D eigenvalue weighted by Gasteiger charge is -2.31. The van der Waals surface area contributed by atoms with Gasteiger partial charge in [0.05, 0.1) is 17.5 Å². The van der Waals surface area contributed by atoms with Crippen molar-refractivity contribution in [1.29, 1.82) is 0 Å². The normalized spacial score (nSPS) is 19.9. The number of amides is 1. The second-order valence-corrected chi connectivity index (χ2v) is 7.56. The van der Waals surface area contributed by atoms with Gasteiger partial charge < -0.3 is 11.1 Å². The number of hydrogen-bond acceptors (Lipinski definition) is 5. The minimum atomic E-state index is -2.93. The maximum Gasteiger partial charge on any atom is 0.241 e. The highest BCUT2D eigenvalue weighted by Crippen LogP contribution is 2.12. The minimum absolute atomic E-state index is 0.121. The molecule has 0 bridgehead atoms. The monoisotopic (exact) mass is 311 g/mol. The fourth-order valence-corrected chi connectivity index (χ4v) is 3.48. The molecular formula is C14H21N3O3S. The van der Waals surface area contributed by atoms with Crippen LogP contribution >= 0.6 is 0 Å². The number of carbonyl (C=O) groups is 1. The average molecular weight is 311 g/mol. The van der Waals surface area contributed by atoms with E-state index < -0.39 is 9.84 Å². The zero-order valence-electron chi connectivity index (χ0n) is 12.1. The lowest BCUT2D eigenvalue weighted by Crippen LogP contribution is -2.49. The first kappa shape index (κ1) is 15.9. The molecule has 116 valence electrons. The summed E-state index contributed by atoms with van der Waals surface area (Å²) in [6.07, 6.45) is 0. The maximum atomic E-state index is 12.2. The van der Waals surface area contributed by atoms with Gasteiger partial charge in [-0.1, -0.05) is 12.1 Å². The van der Waals surface area contributed by atoms with Crippen molar-refractivity contribution in [2.24, 2.45) is 5.73 Å². The number of carbonyl (C=O) groups excluding carboxylic acids is 1. The van der Waals surface area contributed by atoms with Crippen LogP contribution in [-0.2, 0) is 21.2 Å². The number of rotatable bonds is 4. The number of benzene rings is 1. The molecule has 1 aromatic carbocycles. The molecule has 3 N–H and O–H groups in total. The fourth-order valence-electron chi connectivity index (χ4n) is 2.25. The first-order valence-corrected chi connectivity index (χ1v) is 8.78. The van der Waals surface area contributed by atoms with E-state index >= 15 is 0 Å². The van der Waals surface area contributed by atoms with E-state index in [0.29, 0.717) is 25.3 Å². The molecular weight excluding hydrogens is 290 g/mol. The predicted octanol–water partition coefficient (Wildman–Crippen LogP) is 0.203. The summed E-state index contributed by atoms with van der Waals surface area (Å²) >= 11 is 0. The summed E-state index contributed by atoms with van der Waals surface area (Å²) in [7, 11) is -2.93. The van der Waals surface area contributed by atoms with Crippen molar-refractivity contribution >= 4 is 21.4 Å². The van der Waals surface area contributed by atoms with E-state index in [1.807, 2.05) is 29.2 Å². The Bertz CT molecular complexity index is 584. The van der Waals surface area contributed by atoms with Crippen LogP contribution in [0.5, 0.6) is 0 Å². The van der Waals surface area contributed by atoms with Gasteiger partial charge in [-0.3, -0.25) is 9.69 Å². The largest absolute Gasteiger partial charge is 0.326 e. The molecule has 0 aliphatic carbocycles. The Morgan fingerprint density at radius 2 is 1.86 bits per heavy atom. The van der Waals surface area contributed by atoms with Crippen LogP contribution in [0.2, 0.25) is 0 Å². The standard InChI is InChI=1S/C14H21N3O3S/c1-11(17-6-8-21(19,20)9-7-17)14(18)16-13-4-2-12(10-15)3-5-13/h2-5,11H,6-10,15H2,1H3,(H,16,18). The van der Waals surface area contributed by atoms with E-state index in [1.165, 1.54) is 0 Å². The van der Waals surface area contributed by atoms with Gasteiger partial charge >= 0.3 is 0 Å². The molecule has 1 aliphatic heterocycles. The van der Waals surface area contributed by atoms with Crippen molar-refractivity contribution < 1.29 is 13.2 Å². The second kappa shape index (κ2) is 6.55. The molecule has 1 aliphatic rings. The van der Waals surface area contributed by atoms with E-state index in [2.05, 4.69) is 5.32 Å². The zero-order chi connectivity index (χ0) is 15.5. The molecule has 0 aromatic heterocycles. The molecule has 1 aromatic rings. The number of nitrogens with one attached hydrogen (secondary N) is 1. The van der Waals surface area contributed by atoms with Gasteiger partial charge in [-0.05, 0) is 24.6 Å². The molecule has 2 rings (SSSR count). The van der Waals surface area contributed by atoms with Crippen LogP contribution in [0, 0.1) is 0 Å². The third-order valence-corrected chi connectivity index (χ3v) is 5.37. The Balaban J connectivity index is 1.93. The van der Waals surface area contributed by atoms with Crippen molar-refractivity contribution in [2.75, 3.05) is 29.9 Å².